The average Bonchev–Trinajstić information content (AvgIpc) is 2.73. The lowest BCUT2D eigenvalue weighted by Gasteiger charge is -2.30. The molecule has 6 heteroatoms. The zero-order chi connectivity index (χ0) is 13.3. The van der Waals surface area contributed by atoms with E-state index in [2.05, 4.69) is 16.8 Å². The van der Waals surface area contributed by atoms with Gasteiger partial charge in [0.05, 0.1) is 5.69 Å². The first kappa shape index (κ1) is 13.7. The number of hydrogen-bond acceptors (Lipinski definition) is 5. The van der Waals surface area contributed by atoms with E-state index in [0.717, 1.165) is 24.0 Å². The van der Waals surface area contributed by atoms with E-state index in [1.807, 2.05) is 25.6 Å². The van der Waals surface area contributed by atoms with Gasteiger partial charge in [-0.1, -0.05) is 32.1 Å². The third kappa shape index (κ3) is 2.80. The number of rotatable bonds is 3. The van der Waals surface area contributed by atoms with E-state index in [9.17, 15) is 9.90 Å². The van der Waals surface area contributed by atoms with Gasteiger partial charge in [-0.2, -0.15) is 11.8 Å². The summed E-state index contributed by atoms with van der Waals surface area (Å²) < 4.78 is 0. The second kappa shape index (κ2) is 5.48. The number of anilines is 1. The number of aromatic nitrogens is 1. The minimum atomic E-state index is -0.859. The molecule has 0 amide bonds. The Morgan fingerprint density at radius 2 is 2.28 bits per heavy atom. The first-order valence-electron chi connectivity index (χ1n) is 6.09. The molecule has 18 heavy (non-hydrogen) atoms. The van der Waals surface area contributed by atoms with Crippen molar-refractivity contribution in [2.24, 2.45) is 0 Å². The van der Waals surface area contributed by atoms with Crippen LogP contribution >= 0.6 is 23.1 Å². The van der Waals surface area contributed by atoms with Crippen molar-refractivity contribution in [2.45, 2.75) is 31.9 Å². The quantitative estimate of drug-likeness (QED) is 0.926. The number of hydrogen-bond donors (Lipinski definition) is 1. The lowest BCUT2D eigenvalue weighted by molar-refractivity contribution is 0.0700. The number of thioether (sulfide) groups is 1. The Balaban J connectivity index is 2.28. The van der Waals surface area contributed by atoms with E-state index in [-0.39, 0.29) is 5.92 Å². The van der Waals surface area contributed by atoms with Crippen LogP contribution in [0.3, 0.4) is 0 Å². The Kier molecular flexibility index (Phi) is 4.17. The van der Waals surface area contributed by atoms with E-state index in [1.165, 1.54) is 11.3 Å². The fourth-order valence-electron chi connectivity index (χ4n) is 1.99. The van der Waals surface area contributed by atoms with Crippen molar-refractivity contribution in [1.82, 2.24) is 4.98 Å². The first-order chi connectivity index (χ1) is 8.49. The standard InChI is InChI=1S/C12H18N2O2S2/c1-7(2)9-10(11(15)16)18-12(13-9)14-4-5-17-8(3)6-14/h7-8H,4-6H2,1-3H3,(H,15,16). The van der Waals surface area contributed by atoms with E-state index in [1.54, 1.807) is 0 Å². The molecular weight excluding hydrogens is 268 g/mol. The summed E-state index contributed by atoms with van der Waals surface area (Å²) in [7, 11) is 0. The first-order valence-corrected chi connectivity index (χ1v) is 7.96. The van der Waals surface area contributed by atoms with Crippen molar-refractivity contribution >= 4 is 34.2 Å². The normalized spacial score (nSPS) is 20.4. The van der Waals surface area contributed by atoms with Crippen LogP contribution in [0.2, 0.25) is 0 Å². The number of carboxylic acids is 1. The van der Waals surface area contributed by atoms with Gasteiger partial charge in [0.15, 0.2) is 5.13 Å². The number of carboxylic acid groups (broad SMARTS) is 1. The van der Waals surface area contributed by atoms with Gasteiger partial charge in [0, 0.05) is 24.1 Å². The van der Waals surface area contributed by atoms with E-state index >= 15 is 0 Å². The fraction of sp³-hybridized carbons (Fsp3) is 0.667. The van der Waals surface area contributed by atoms with E-state index in [4.69, 9.17) is 0 Å². The van der Waals surface area contributed by atoms with Gasteiger partial charge in [-0.05, 0) is 5.92 Å². The Bertz CT molecular complexity index is 445. The van der Waals surface area contributed by atoms with Gasteiger partial charge in [-0.15, -0.1) is 0 Å². The number of aromatic carboxylic acids is 1. The molecule has 0 aliphatic carbocycles. The summed E-state index contributed by atoms with van der Waals surface area (Å²) in [5.41, 5.74) is 0.716. The van der Waals surface area contributed by atoms with Crippen LogP contribution in [-0.2, 0) is 0 Å². The smallest absolute Gasteiger partial charge is 0.347 e. The van der Waals surface area contributed by atoms with Crippen LogP contribution in [0.25, 0.3) is 0 Å². The monoisotopic (exact) mass is 286 g/mol. The summed E-state index contributed by atoms with van der Waals surface area (Å²) in [6.45, 7) is 8.08. The molecule has 0 aromatic carbocycles. The molecule has 0 spiro atoms. The molecule has 1 unspecified atom stereocenters. The summed E-state index contributed by atoms with van der Waals surface area (Å²) in [6, 6.07) is 0. The summed E-state index contributed by atoms with van der Waals surface area (Å²) in [5.74, 6) is 0.375. The molecule has 1 atom stereocenters. The van der Waals surface area contributed by atoms with Crippen molar-refractivity contribution in [2.75, 3.05) is 23.7 Å². The number of carbonyl (C=O) groups is 1. The van der Waals surface area contributed by atoms with Crippen molar-refractivity contribution in [3.63, 3.8) is 0 Å². The lowest BCUT2D eigenvalue weighted by Crippen LogP contribution is -2.36. The molecule has 2 rings (SSSR count). The van der Waals surface area contributed by atoms with Gasteiger partial charge in [-0.25, -0.2) is 9.78 Å². The molecule has 1 fully saturated rings. The Labute approximate surface area is 115 Å². The van der Waals surface area contributed by atoms with E-state index in [0.29, 0.717) is 15.8 Å². The van der Waals surface area contributed by atoms with Crippen LogP contribution in [0.5, 0.6) is 0 Å². The van der Waals surface area contributed by atoms with E-state index < -0.39 is 5.97 Å². The van der Waals surface area contributed by atoms with Crippen LogP contribution in [0.15, 0.2) is 0 Å². The van der Waals surface area contributed by atoms with Crippen LogP contribution in [0.1, 0.15) is 42.1 Å². The summed E-state index contributed by atoms with van der Waals surface area (Å²) >= 11 is 3.27. The predicted molar refractivity (Wildman–Crippen MR) is 77.3 cm³/mol. The van der Waals surface area contributed by atoms with Gasteiger partial charge in [0.25, 0.3) is 0 Å². The Hall–Kier alpha value is -0.750. The van der Waals surface area contributed by atoms with Crippen LogP contribution in [0, 0.1) is 0 Å². The molecule has 1 N–H and O–H groups in total. The molecule has 0 saturated carbocycles. The molecule has 1 aliphatic rings. The highest BCUT2D eigenvalue weighted by atomic mass is 32.2. The van der Waals surface area contributed by atoms with Gasteiger partial charge >= 0.3 is 5.97 Å². The van der Waals surface area contributed by atoms with Crippen LogP contribution in [0.4, 0.5) is 5.13 Å². The maximum absolute atomic E-state index is 11.2. The maximum atomic E-state index is 11.2. The van der Waals surface area contributed by atoms with Crippen LogP contribution < -0.4 is 4.90 Å². The van der Waals surface area contributed by atoms with Crippen molar-refractivity contribution in [1.29, 1.82) is 0 Å². The highest BCUT2D eigenvalue weighted by Gasteiger charge is 2.25. The minimum absolute atomic E-state index is 0.151. The molecule has 1 aromatic heterocycles. The largest absolute Gasteiger partial charge is 0.477 e. The molecule has 1 saturated heterocycles. The Morgan fingerprint density at radius 3 is 2.78 bits per heavy atom. The highest BCUT2D eigenvalue weighted by Crippen LogP contribution is 2.33. The SMILES string of the molecule is CC1CN(c2nc(C(C)C)c(C(=O)O)s2)CCS1. The Morgan fingerprint density at radius 1 is 1.56 bits per heavy atom. The maximum Gasteiger partial charge on any atom is 0.347 e. The predicted octanol–water partition coefficient (Wildman–Crippen LogP) is 2.91. The minimum Gasteiger partial charge on any atom is -0.477 e. The zero-order valence-electron chi connectivity index (χ0n) is 10.8. The third-order valence-electron chi connectivity index (χ3n) is 2.89. The lowest BCUT2D eigenvalue weighted by atomic mass is 10.1. The molecular formula is C12H18N2O2S2. The molecule has 2 heterocycles. The number of thiazole rings is 1. The molecule has 1 aliphatic heterocycles. The van der Waals surface area contributed by atoms with Gasteiger partial charge in [0.1, 0.15) is 4.88 Å². The summed E-state index contributed by atoms with van der Waals surface area (Å²) in [5, 5.41) is 10.7. The average molecular weight is 286 g/mol. The fourth-order valence-corrected chi connectivity index (χ4v) is 4.10. The van der Waals surface area contributed by atoms with Gasteiger partial charge in [-0.3, -0.25) is 0 Å². The zero-order valence-corrected chi connectivity index (χ0v) is 12.5. The van der Waals surface area contributed by atoms with Gasteiger partial charge < -0.3 is 10.0 Å². The van der Waals surface area contributed by atoms with Crippen molar-refractivity contribution < 1.29 is 9.90 Å². The van der Waals surface area contributed by atoms with Crippen LogP contribution in [-0.4, -0.2) is 40.2 Å². The summed E-state index contributed by atoms with van der Waals surface area (Å²) in [6.07, 6.45) is 0. The van der Waals surface area contributed by atoms with Crippen molar-refractivity contribution in [3.8, 4) is 0 Å². The third-order valence-corrected chi connectivity index (χ3v) is 5.15. The molecule has 1 aromatic rings. The molecule has 0 radical (unpaired) electrons. The topological polar surface area (TPSA) is 53.4 Å². The van der Waals surface area contributed by atoms with Crippen molar-refractivity contribution in [3.05, 3.63) is 10.6 Å². The second-order valence-electron chi connectivity index (χ2n) is 4.80. The van der Waals surface area contributed by atoms with Gasteiger partial charge in [0.2, 0.25) is 0 Å². The second-order valence-corrected chi connectivity index (χ2v) is 7.32. The molecule has 100 valence electrons. The molecule has 0 bridgehead atoms. The number of nitrogens with zero attached hydrogens (tertiary/aromatic N) is 2. The summed E-state index contributed by atoms with van der Waals surface area (Å²) in [4.78, 5) is 18.4. The highest BCUT2D eigenvalue weighted by molar-refractivity contribution is 8.00. The molecule has 4 nitrogen and oxygen atoms in total.